The first-order chi connectivity index (χ1) is 10.5. The van der Waals surface area contributed by atoms with E-state index in [1.165, 1.54) is 0 Å². The van der Waals surface area contributed by atoms with E-state index in [9.17, 15) is 9.59 Å². The molecule has 118 valence electrons. The van der Waals surface area contributed by atoms with Crippen LogP contribution in [0.15, 0.2) is 30.3 Å². The van der Waals surface area contributed by atoms with Crippen molar-refractivity contribution in [1.82, 2.24) is 4.90 Å². The van der Waals surface area contributed by atoms with Gasteiger partial charge in [-0.05, 0) is 18.6 Å². The molecule has 0 radical (unpaired) electrons. The molecule has 1 aliphatic rings. The summed E-state index contributed by atoms with van der Waals surface area (Å²) in [5.41, 5.74) is 6.88. The summed E-state index contributed by atoms with van der Waals surface area (Å²) in [6.45, 7) is 2.78. The highest BCUT2D eigenvalue weighted by Crippen LogP contribution is 2.25. The van der Waals surface area contributed by atoms with Crippen molar-refractivity contribution >= 4 is 17.4 Å². The maximum atomic E-state index is 12.4. The summed E-state index contributed by atoms with van der Waals surface area (Å²) in [4.78, 5) is 25.1. The Morgan fingerprint density at radius 2 is 2.14 bits per heavy atom. The van der Waals surface area contributed by atoms with Gasteiger partial charge in [-0.2, -0.15) is 0 Å². The van der Waals surface area contributed by atoms with Crippen LogP contribution in [0.2, 0.25) is 0 Å². The zero-order chi connectivity index (χ0) is 16.1. The van der Waals surface area contributed by atoms with Crippen LogP contribution in [0.1, 0.15) is 12.5 Å². The second kappa shape index (κ2) is 7.09. The summed E-state index contributed by atoms with van der Waals surface area (Å²) in [5.74, 6) is -0.0121. The number of carbonyl (C=O) groups excluding carboxylic acids is 2. The van der Waals surface area contributed by atoms with Gasteiger partial charge < -0.3 is 20.1 Å². The van der Waals surface area contributed by atoms with Crippen LogP contribution < -0.4 is 10.5 Å². The number of nitrogens with zero attached hydrogens (tertiary/aromatic N) is 1. The summed E-state index contributed by atoms with van der Waals surface area (Å²) in [6, 6.07) is 7.49. The van der Waals surface area contributed by atoms with Gasteiger partial charge in [0.05, 0.1) is 20.3 Å². The molecule has 1 aromatic carbocycles. The van der Waals surface area contributed by atoms with Gasteiger partial charge in [-0.25, -0.2) is 0 Å². The number of hydrogen-bond acceptors (Lipinski definition) is 4. The number of benzene rings is 1. The zero-order valence-corrected chi connectivity index (χ0v) is 12.7. The van der Waals surface area contributed by atoms with Crippen molar-refractivity contribution in [3.63, 3.8) is 0 Å². The molecular weight excluding hydrogens is 284 g/mol. The lowest BCUT2D eigenvalue weighted by atomic mass is 10.1. The van der Waals surface area contributed by atoms with E-state index in [4.69, 9.17) is 15.2 Å². The smallest absolute Gasteiger partial charge is 0.248 e. The second-order valence-electron chi connectivity index (χ2n) is 5.07. The number of morpholine rings is 1. The maximum absolute atomic E-state index is 12.4. The summed E-state index contributed by atoms with van der Waals surface area (Å²) in [6.07, 6.45) is 0.805. The Balaban J connectivity index is 2.14. The number of carbonyl (C=O) groups is 2. The van der Waals surface area contributed by atoms with Crippen molar-refractivity contribution in [3.8, 4) is 5.75 Å². The van der Waals surface area contributed by atoms with Crippen LogP contribution >= 0.6 is 0 Å². The zero-order valence-electron chi connectivity index (χ0n) is 12.7. The van der Waals surface area contributed by atoms with E-state index in [1.807, 2.05) is 31.2 Å². The molecule has 0 bridgehead atoms. The molecule has 6 nitrogen and oxygen atoms in total. The fourth-order valence-electron chi connectivity index (χ4n) is 2.35. The highest BCUT2D eigenvalue weighted by molar-refractivity contribution is 5.96. The Kier molecular flexibility index (Phi) is 5.16. The van der Waals surface area contributed by atoms with E-state index in [1.54, 1.807) is 18.1 Å². The topological polar surface area (TPSA) is 81.9 Å². The first-order valence-electron chi connectivity index (χ1n) is 7.04. The standard InChI is InChI=1S/C16H20N2O4/c1-11(12-5-3-4-6-13(12)21-2)9-15(19)18-7-8-22-14(10-18)16(17)20/h3-6,9,14H,7-8,10H2,1-2H3,(H2,17,20)/b11-9+. The highest BCUT2D eigenvalue weighted by Gasteiger charge is 2.27. The minimum absolute atomic E-state index is 0.169. The van der Waals surface area contributed by atoms with E-state index < -0.39 is 12.0 Å². The lowest BCUT2D eigenvalue weighted by Gasteiger charge is -2.30. The molecule has 0 saturated carbocycles. The van der Waals surface area contributed by atoms with Gasteiger partial charge in [0.2, 0.25) is 11.8 Å². The van der Waals surface area contributed by atoms with Gasteiger partial charge in [-0.1, -0.05) is 18.2 Å². The number of amides is 2. The van der Waals surface area contributed by atoms with E-state index >= 15 is 0 Å². The molecule has 2 amide bonds. The Morgan fingerprint density at radius 1 is 1.41 bits per heavy atom. The largest absolute Gasteiger partial charge is 0.496 e. The third-order valence-corrected chi connectivity index (χ3v) is 3.57. The van der Waals surface area contributed by atoms with Gasteiger partial charge >= 0.3 is 0 Å². The average molecular weight is 304 g/mol. The number of nitrogens with two attached hydrogens (primary N) is 1. The quantitative estimate of drug-likeness (QED) is 0.835. The van der Waals surface area contributed by atoms with Gasteiger partial charge in [0.1, 0.15) is 5.75 Å². The van der Waals surface area contributed by atoms with Crippen LogP contribution in [0.5, 0.6) is 5.75 Å². The monoisotopic (exact) mass is 304 g/mol. The molecule has 22 heavy (non-hydrogen) atoms. The van der Waals surface area contributed by atoms with Crippen LogP contribution in [0.4, 0.5) is 0 Å². The van der Waals surface area contributed by atoms with E-state index in [-0.39, 0.29) is 12.5 Å². The fraction of sp³-hybridized carbons (Fsp3) is 0.375. The Bertz CT molecular complexity index is 598. The van der Waals surface area contributed by atoms with Crippen LogP contribution in [-0.4, -0.2) is 49.6 Å². The van der Waals surface area contributed by atoms with Gasteiger partial charge in [-0.3, -0.25) is 9.59 Å². The predicted molar refractivity (Wildman–Crippen MR) is 82.2 cm³/mol. The molecule has 1 unspecified atom stereocenters. The Morgan fingerprint density at radius 3 is 2.82 bits per heavy atom. The van der Waals surface area contributed by atoms with Crippen molar-refractivity contribution in [2.24, 2.45) is 5.73 Å². The average Bonchev–Trinajstić information content (AvgIpc) is 2.54. The number of rotatable bonds is 4. The second-order valence-corrected chi connectivity index (χ2v) is 5.07. The number of para-hydroxylation sites is 1. The number of allylic oxidation sites excluding steroid dienone is 1. The van der Waals surface area contributed by atoms with Crippen LogP contribution in [0, 0.1) is 0 Å². The molecule has 1 fully saturated rings. The molecule has 1 atom stereocenters. The molecule has 1 saturated heterocycles. The fourth-order valence-corrected chi connectivity index (χ4v) is 2.35. The van der Waals surface area contributed by atoms with Crippen molar-refractivity contribution < 1.29 is 19.1 Å². The minimum atomic E-state index is -0.738. The summed E-state index contributed by atoms with van der Waals surface area (Å²) in [7, 11) is 1.59. The van der Waals surface area contributed by atoms with Gasteiger partial charge in [-0.15, -0.1) is 0 Å². The predicted octanol–water partition coefficient (Wildman–Crippen LogP) is 0.811. The Labute approximate surface area is 129 Å². The number of hydrogen-bond donors (Lipinski definition) is 1. The third kappa shape index (κ3) is 3.65. The molecule has 0 aromatic heterocycles. The minimum Gasteiger partial charge on any atom is -0.496 e. The maximum Gasteiger partial charge on any atom is 0.248 e. The molecule has 1 aliphatic heterocycles. The summed E-state index contributed by atoms with van der Waals surface area (Å²) in [5, 5.41) is 0. The van der Waals surface area contributed by atoms with Gasteiger partial charge in [0.25, 0.3) is 0 Å². The van der Waals surface area contributed by atoms with Crippen molar-refractivity contribution in [2.45, 2.75) is 13.0 Å². The first-order valence-corrected chi connectivity index (χ1v) is 7.04. The molecule has 1 heterocycles. The molecule has 1 aromatic rings. The summed E-state index contributed by atoms with van der Waals surface area (Å²) < 4.78 is 10.5. The van der Waals surface area contributed by atoms with Crippen molar-refractivity contribution in [2.75, 3.05) is 26.8 Å². The van der Waals surface area contributed by atoms with E-state index in [0.29, 0.717) is 18.9 Å². The van der Waals surface area contributed by atoms with E-state index in [0.717, 1.165) is 11.1 Å². The molecular formula is C16H20N2O4. The van der Waals surface area contributed by atoms with Crippen LogP contribution in [0.25, 0.3) is 5.57 Å². The molecule has 0 spiro atoms. The van der Waals surface area contributed by atoms with Gasteiger partial charge in [0.15, 0.2) is 6.10 Å². The van der Waals surface area contributed by atoms with Gasteiger partial charge in [0, 0.05) is 18.2 Å². The van der Waals surface area contributed by atoms with Crippen molar-refractivity contribution in [1.29, 1.82) is 0 Å². The lowest BCUT2D eigenvalue weighted by Crippen LogP contribution is -2.50. The number of methoxy groups -OCH3 is 1. The van der Waals surface area contributed by atoms with Crippen molar-refractivity contribution in [3.05, 3.63) is 35.9 Å². The highest BCUT2D eigenvalue weighted by atomic mass is 16.5. The van der Waals surface area contributed by atoms with Crippen LogP contribution in [0.3, 0.4) is 0 Å². The van der Waals surface area contributed by atoms with Crippen LogP contribution in [-0.2, 0) is 14.3 Å². The third-order valence-electron chi connectivity index (χ3n) is 3.57. The molecule has 2 N–H and O–H groups in total. The lowest BCUT2D eigenvalue weighted by molar-refractivity contribution is -0.142. The first kappa shape index (κ1) is 16.0. The number of primary amides is 1. The number of ether oxygens (including phenoxy) is 2. The SMILES string of the molecule is COc1ccccc1/C(C)=C/C(=O)N1CCOC(C(N)=O)C1. The summed E-state index contributed by atoms with van der Waals surface area (Å²) >= 11 is 0. The van der Waals surface area contributed by atoms with E-state index in [2.05, 4.69) is 0 Å². The Hall–Kier alpha value is -2.34. The molecule has 2 rings (SSSR count). The molecule has 0 aliphatic carbocycles. The molecule has 6 heteroatoms. The normalized spacial score (nSPS) is 18.9.